The van der Waals surface area contributed by atoms with Gasteiger partial charge in [0.1, 0.15) is 0 Å². The first-order valence-electron chi connectivity index (χ1n) is 6.80. The Hall–Kier alpha value is -0.480. The summed E-state index contributed by atoms with van der Waals surface area (Å²) in [4.78, 5) is 13.8. The quantitative estimate of drug-likeness (QED) is 0.506. The predicted octanol–water partition coefficient (Wildman–Crippen LogP) is 4.23. The first-order valence-corrected chi connectivity index (χ1v) is 8.94. The Morgan fingerprint density at radius 3 is 2.79 bits per heavy atom. The smallest absolute Gasteiger partial charge is 0.252 e. The first kappa shape index (κ1) is 14.9. The van der Waals surface area contributed by atoms with Crippen molar-refractivity contribution in [2.45, 2.75) is 47.9 Å². The molecule has 2 rings (SSSR count). The molecular weight excluding hydrogens is 322 g/mol. The second kappa shape index (κ2) is 7.34. The van der Waals surface area contributed by atoms with E-state index >= 15 is 0 Å². The minimum absolute atomic E-state index is 0.0568. The van der Waals surface area contributed by atoms with Gasteiger partial charge in [0.2, 0.25) is 0 Å². The largest absolute Gasteiger partial charge is 0.348 e. The zero-order chi connectivity index (χ0) is 13.7. The lowest BCUT2D eigenvalue weighted by Gasteiger charge is -2.22. The predicted molar refractivity (Wildman–Crippen MR) is 85.3 cm³/mol. The van der Waals surface area contributed by atoms with E-state index in [4.69, 9.17) is 0 Å². The summed E-state index contributed by atoms with van der Waals surface area (Å²) in [6.07, 6.45) is 7.96. The van der Waals surface area contributed by atoms with Crippen LogP contribution in [-0.2, 0) is 0 Å². The number of carbonyl (C=O) groups is 1. The van der Waals surface area contributed by atoms with E-state index in [1.807, 2.05) is 30.5 Å². The number of halogens is 1. The molecule has 1 aliphatic rings. The maximum atomic E-state index is 12.4. The van der Waals surface area contributed by atoms with Crippen LogP contribution < -0.4 is 5.32 Å². The molecule has 0 aromatic heterocycles. The van der Waals surface area contributed by atoms with Crippen LogP contribution in [0.4, 0.5) is 0 Å². The van der Waals surface area contributed by atoms with Crippen molar-refractivity contribution in [1.29, 1.82) is 0 Å². The molecule has 1 aromatic carbocycles. The molecule has 0 spiro atoms. The molecule has 19 heavy (non-hydrogen) atoms. The third kappa shape index (κ3) is 3.99. The van der Waals surface area contributed by atoms with Gasteiger partial charge >= 0.3 is 0 Å². The Kier molecular flexibility index (Phi) is 5.76. The summed E-state index contributed by atoms with van der Waals surface area (Å²) >= 11 is 5.34. The summed E-state index contributed by atoms with van der Waals surface area (Å²) in [5.41, 5.74) is 0.791. The van der Waals surface area contributed by atoms with Crippen LogP contribution in [0.25, 0.3) is 0 Å². The molecule has 4 heteroatoms. The molecule has 2 nitrogen and oxygen atoms in total. The van der Waals surface area contributed by atoms with E-state index in [0.29, 0.717) is 4.83 Å². The van der Waals surface area contributed by atoms with E-state index in [9.17, 15) is 4.79 Å². The Morgan fingerprint density at radius 1 is 1.26 bits per heavy atom. The number of thioether (sulfide) groups is 1. The molecular formula is C15H20BrNOS. The second-order valence-electron chi connectivity index (χ2n) is 4.93. The van der Waals surface area contributed by atoms with Crippen LogP contribution in [0.15, 0.2) is 29.2 Å². The van der Waals surface area contributed by atoms with Crippen LogP contribution in [0.1, 0.15) is 42.5 Å². The molecule has 0 saturated heterocycles. The van der Waals surface area contributed by atoms with Gasteiger partial charge in [0.25, 0.3) is 5.91 Å². The number of hydrogen-bond donors (Lipinski definition) is 1. The lowest BCUT2D eigenvalue weighted by Crippen LogP contribution is -2.40. The van der Waals surface area contributed by atoms with Crippen molar-refractivity contribution in [3.05, 3.63) is 29.8 Å². The molecule has 1 aromatic rings. The van der Waals surface area contributed by atoms with Crippen molar-refractivity contribution in [3.63, 3.8) is 0 Å². The van der Waals surface area contributed by atoms with Crippen LogP contribution in [0.5, 0.6) is 0 Å². The van der Waals surface area contributed by atoms with Gasteiger partial charge in [0.05, 0.1) is 5.56 Å². The van der Waals surface area contributed by atoms with Gasteiger partial charge in [-0.2, -0.15) is 0 Å². The van der Waals surface area contributed by atoms with Gasteiger partial charge in [-0.1, -0.05) is 47.3 Å². The van der Waals surface area contributed by atoms with E-state index in [1.165, 1.54) is 19.3 Å². The fraction of sp³-hybridized carbons (Fsp3) is 0.533. The van der Waals surface area contributed by atoms with Crippen molar-refractivity contribution in [2.24, 2.45) is 0 Å². The Morgan fingerprint density at radius 2 is 2.00 bits per heavy atom. The summed E-state index contributed by atoms with van der Waals surface area (Å²) in [5, 5.41) is 3.20. The summed E-state index contributed by atoms with van der Waals surface area (Å²) in [5.74, 6) is 0.0568. The zero-order valence-corrected chi connectivity index (χ0v) is 13.6. The number of alkyl halides is 1. The molecule has 1 amide bonds. The Labute approximate surface area is 127 Å². The standard InChI is InChI=1S/C15H20BrNOS/c1-19-14-10-6-5-7-11(14)15(18)17-13-9-4-2-3-8-12(13)16/h5-7,10,12-13H,2-4,8-9H2,1H3,(H,17,18). The topological polar surface area (TPSA) is 29.1 Å². The average molecular weight is 342 g/mol. The normalized spacial score (nSPS) is 23.7. The van der Waals surface area contributed by atoms with E-state index in [0.717, 1.165) is 23.3 Å². The summed E-state index contributed by atoms with van der Waals surface area (Å²) in [6, 6.07) is 8.05. The maximum Gasteiger partial charge on any atom is 0.252 e. The highest BCUT2D eigenvalue weighted by atomic mass is 79.9. The fourth-order valence-electron chi connectivity index (χ4n) is 2.50. The number of amides is 1. The van der Waals surface area contributed by atoms with Crippen molar-refractivity contribution >= 4 is 33.6 Å². The van der Waals surface area contributed by atoms with Crippen molar-refractivity contribution in [1.82, 2.24) is 5.32 Å². The lowest BCUT2D eigenvalue weighted by molar-refractivity contribution is 0.0932. The average Bonchev–Trinajstić information content (AvgIpc) is 2.64. The van der Waals surface area contributed by atoms with Crippen LogP contribution >= 0.6 is 27.7 Å². The van der Waals surface area contributed by atoms with Crippen molar-refractivity contribution in [3.8, 4) is 0 Å². The van der Waals surface area contributed by atoms with E-state index in [-0.39, 0.29) is 11.9 Å². The highest BCUT2D eigenvalue weighted by Crippen LogP contribution is 2.25. The lowest BCUT2D eigenvalue weighted by atomic mass is 10.1. The maximum absolute atomic E-state index is 12.4. The van der Waals surface area contributed by atoms with E-state index < -0.39 is 0 Å². The Balaban J connectivity index is 2.07. The first-order chi connectivity index (χ1) is 9.22. The monoisotopic (exact) mass is 341 g/mol. The number of hydrogen-bond acceptors (Lipinski definition) is 2. The SMILES string of the molecule is CSc1ccccc1C(=O)NC1CCCCCC1Br. The highest BCUT2D eigenvalue weighted by molar-refractivity contribution is 9.09. The second-order valence-corrected chi connectivity index (χ2v) is 6.96. The number of nitrogens with one attached hydrogen (secondary N) is 1. The third-order valence-corrected chi connectivity index (χ3v) is 5.49. The summed E-state index contributed by atoms with van der Waals surface area (Å²) in [6.45, 7) is 0. The van der Waals surface area contributed by atoms with Gasteiger partial charge in [-0.05, 0) is 31.2 Å². The molecule has 1 saturated carbocycles. The van der Waals surface area contributed by atoms with Crippen LogP contribution in [0.2, 0.25) is 0 Å². The molecule has 2 atom stereocenters. The van der Waals surface area contributed by atoms with Crippen molar-refractivity contribution < 1.29 is 4.79 Å². The van der Waals surface area contributed by atoms with Gasteiger partial charge in [-0.3, -0.25) is 4.79 Å². The molecule has 1 N–H and O–H groups in total. The zero-order valence-electron chi connectivity index (χ0n) is 11.2. The van der Waals surface area contributed by atoms with Crippen molar-refractivity contribution in [2.75, 3.05) is 6.26 Å². The van der Waals surface area contributed by atoms with Gasteiger partial charge in [0, 0.05) is 15.8 Å². The van der Waals surface area contributed by atoms with Crippen LogP contribution in [0, 0.1) is 0 Å². The molecule has 104 valence electrons. The minimum Gasteiger partial charge on any atom is -0.348 e. The van der Waals surface area contributed by atoms with Crippen LogP contribution in [-0.4, -0.2) is 23.0 Å². The molecule has 1 fully saturated rings. The molecule has 2 unspecified atom stereocenters. The minimum atomic E-state index is 0.0568. The molecule has 0 bridgehead atoms. The number of carbonyl (C=O) groups excluding carboxylic acids is 1. The summed E-state index contributed by atoms with van der Waals surface area (Å²) < 4.78 is 0. The van der Waals surface area contributed by atoms with Gasteiger partial charge < -0.3 is 5.32 Å². The fourth-order valence-corrected chi connectivity index (χ4v) is 3.82. The van der Waals surface area contributed by atoms with E-state index in [2.05, 4.69) is 21.2 Å². The van der Waals surface area contributed by atoms with Gasteiger partial charge in [0.15, 0.2) is 0 Å². The Bertz CT molecular complexity index is 438. The third-order valence-electron chi connectivity index (χ3n) is 3.60. The highest BCUT2D eigenvalue weighted by Gasteiger charge is 2.23. The molecule has 0 radical (unpaired) electrons. The van der Waals surface area contributed by atoms with Gasteiger partial charge in [-0.15, -0.1) is 11.8 Å². The number of rotatable bonds is 3. The van der Waals surface area contributed by atoms with Crippen LogP contribution in [0.3, 0.4) is 0 Å². The molecule has 1 aliphatic carbocycles. The van der Waals surface area contributed by atoms with Gasteiger partial charge in [-0.25, -0.2) is 0 Å². The molecule has 0 heterocycles. The number of benzene rings is 1. The summed E-state index contributed by atoms with van der Waals surface area (Å²) in [7, 11) is 0. The molecule has 0 aliphatic heterocycles. The van der Waals surface area contributed by atoms with E-state index in [1.54, 1.807) is 11.8 Å².